The average Bonchev–Trinajstić information content (AvgIpc) is 3.20. The van der Waals surface area contributed by atoms with E-state index < -0.39 is 0 Å². The molecule has 3 aromatic heterocycles. The van der Waals surface area contributed by atoms with Crippen molar-refractivity contribution in [1.29, 1.82) is 0 Å². The number of nitrogens with zero attached hydrogens (tertiary/aromatic N) is 6. The Morgan fingerprint density at radius 2 is 2.24 bits per heavy atom. The quantitative estimate of drug-likeness (QED) is 0.698. The number of hydrogen-bond acceptors (Lipinski definition) is 6. The van der Waals surface area contributed by atoms with E-state index in [9.17, 15) is 4.79 Å². The van der Waals surface area contributed by atoms with Crippen molar-refractivity contribution in [3.8, 4) is 0 Å². The molecule has 7 nitrogen and oxygen atoms in total. The van der Waals surface area contributed by atoms with Crippen LogP contribution in [0.5, 0.6) is 0 Å². The Hall–Kier alpha value is -2.48. The maximum atomic E-state index is 12.8. The molecule has 2 aliphatic rings. The van der Waals surface area contributed by atoms with Crippen LogP contribution in [0.25, 0.3) is 5.78 Å². The molecule has 8 heteroatoms. The molecule has 0 saturated carbocycles. The summed E-state index contributed by atoms with van der Waals surface area (Å²) in [6.45, 7) is 5.00. The first-order valence-electron chi connectivity index (χ1n) is 8.45. The highest BCUT2D eigenvalue weighted by atomic mass is 32.1. The molecular weight excluding hydrogens is 336 g/mol. The lowest BCUT2D eigenvalue weighted by molar-refractivity contribution is -0.137. The topological polar surface area (TPSA) is 66.6 Å². The first-order chi connectivity index (χ1) is 12.2. The number of aromatic nitrogens is 4. The van der Waals surface area contributed by atoms with Gasteiger partial charge in [0.05, 0.1) is 5.92 Å². The summed E-state index contributed by atoms with van der Waals surface area (Å²) >= 11 is 1.80. The van der Waals surface area contributed by atoms with Crippen molar-refractivity contribution >= 4 is 28.8 Å². The SMILES string of the molecule is Cc1cc(N2CC(C(=O)N3CCc4sccc4C3)C2)n2ncnc2n1. The van der Waals surface area contributed by atoms with Crippen molar-refractivity contribution in [2.45, 2.75) is 19.9 Å². The molecule has 25 heavy (non-hydrogen) atoms. The van der Waals surface area contributed by atoms with Gasteiger partial charge in [-0.1, -0.05) is 0 Å². The summed E-state index contributed by atoms with van der Waals surface area (Å²) < 4.78 is 1.74. The van der Waals surface area contributed by atoms with Gasteiger partial charge in [-0.05, 0) is 30.4 Å². The van der Waals surface area contributed by atoms with Crippen molar-refractivity contribution in [3.05, 3.63) is 40.0 Å². The monoisotopic (exact) mass is 354 g/mol. The fourth-order valence-corrected chi connectivity index (χ4v) is 4.54. The minimum Gasteiger partial charge on any atom is -0.355 e. The average molecular weight is 354 g/mol. The lowest BCUT2D eigenvalue weighted by atomic mass is 9.97. The van der Waals surface area contributed by atoms with Crippen molar-refractivity contribution in [3.63, 3.8) is 0 Å². The Balaban J connectivity index is 1.30. The second-order valence-corrected chi connectivity index (χ2v) is 7.71. The number of thiophene rings is 1. The lowest BCUT2D eigenvalue weighted by Crippen LogP contribution is -2.55. The molecule has 0 unspecified atom stereocenters. The first kappa shape index (κ1) is 14.8. The third-order valence-corrected chi connectivity index (χ3v) is 6.06. The van der Waals surface area contributed by atoms with Crippen molar-refractivity contribution in [1.82, 2.24) is 24.5 Å². The van der Waals surface area contributed by atoms with Gasteiger partial charge >= 0.3 is 0 Å². The molecule has 0 aromatic carbocycles. The summed E-state index contributed by atoms with van der Waals surface area (Å²) in [6.07, 6.45) is 2.50. The number of carbonyl (C=O) groups excluding carboxylic acids is 1. The fourth-order valence-electron chi connectivity index (χ4n) is 3.65. The van der Waals surface area contributed by atoms with Gasteiger partial charge in [-0.25, -0.2) is 4.98 Å². The van der Waals surface area contributed by atoms with Crippen LogP contribution in [0.4, 0.5) is 5.82 Å². The Labute approximate surface area is 148 Å². The fraction of sp³-hybridized carbons (Fsp3) is 0.412. The van der Waals surface area contributed by atoms with Crippen LogP contribution in [0, 0.1) is 12.8 Å². The maximum absolute atomic E-state index is 12.8. The second-order valence-electron chi connectivity index (χ2n) is 6.71. The minimum atomic E-state index is 0.0622. The predicted molar refractivity (Wildman–Crippen MR) is 94.7 cm³/mol. The number of carbonyl (C=O) groups is 1. The Bertz CT molecular complexity index is 957. The summed E-state index contributed by atoms with van der Waals surface area (Å²) in [5.41, 5.74) is 2.22. The standard InChI is InChI=1S/C17H18N6OS/c1-11-6-15(23-17(20-11)18-10-19-23)22-8-13(9-22)16(24)21-4-2-14-12(7-21)3-5-25-14/h3,5-6,10,13H,2,4,7-9H2,1H3. The van der Waals surface area contributed by atoms with Crippen LogP contribution >= 0.6 is 11.3 Å². The van der Waals surface area contributed by atoms with Gasteiger partial charge < -0.3 is 9.80 Å². The summed E-state index contributed by atoms with van der Waals surface area (Å²) in [7, 11) is 0. The van der Waals surface area contributed by atoms with Crippen LogP contribution in [0.15, 0.2) is 23.8 Å². The molecule has 0 bridgehead atoms. The molecule has 3 aromatic rings. The zero-order valence-corrected chi connectivity index (χ0v) is 14.7. The van der Waals surface area contributed by atoms with E-state index in [2.05, 4.69) is 31.4 Å². The van der Waals surface area contributed by atoms with E-state index in [-0.39, 0.29) is 11.8 Å². The molecule has 0 N–H and O–H groups in total. The molecule has 1 saturated heterocycles. The number of aryl methyl sites for hydroxylation is 1. The van der Waals surface area contributed by atoms with E-state index in [1.54, 1.807) is 15.9 Å². The van der Waals surface area contributed by atoms with E-state index >= 15 is 0 Å². The zero-order valence-electron chi connectivity index (χ0n) is 13.9. The number of amides is 1. The largest absolute Gasteiger partial charge is 0.355 e. The summed E-state index contributed by atoms with van der Waals surface area (Å²) in [6, 6.07) is 4.15. The molecule has 2 aliphatic heterocycles. The molecule has 1 fully saturated rings. The zero-order chi connectivity index (χ0) is 17.0. The highest BCUT2D eigenvalue weighted by Crippen LogP contribution is 2.29. The van der Waals surface area contributed by atoms with E-state index in [1.165, 1.54) is 16.8 Å². The van der Waals surface area contributed by atoms with Gasteiger partial charge in [-0.2, -0.15) is 14.6 Å². The van der Waals surface area contributed by atoms with Gasteiger partial charge in [0.1, 0.15) is 12.1 Å². The molecule has 1 amide bonds. The summed E-state index contributed by atoms with van der Waals surface area (Å²) in [4.78, 5) is 27.0. The molecule has 0 aliphatic carbocycles. The molecule has 0 atom stereocenters. The van der Waals surface area contributed by atoms with Gasteiger partial charge in [0.25, 0.3) is 5.78 Å². The number of rotatable bonds is 2. The minimum absolute atomic E-state index is 0.0622. The Morgan fingerprint density at radius 3 is 3.12 bits per heavy atom. The van der Waals surface area contributed by atoms with Gasteiger partial charge in [0.2, 0.25) is 5.91 Å². The van der Waals surface area contributed by atoms with E-state index in [0.717, 1.165) is 44.1 Å². The van der Waals surface area contributed by atoms with Crippen molar-refractivity contribution in [2.75, 3.05) is 24.5 Å². The molecule has 5 rings (SSSR count). The predicted octanol–water partition coefficient (Wildman–Crippen LogP) is 1.52. The molecular formula is C17H18N6OS. The molecule has 128 valence electrons. The van der Waals surface area contributed by atoms with Crippen LogP contribution in [0.3, 0.4) is 0 Å². The highest BCUT2D eigenvalue weighted by Gasteiger charge is 2.37. The summed E-state index contributed by atoms with van der Waals surface area (Å²) in [5.74, 6) is 1.90. The van der Waals surface area contributed by atoms with Gasteiger partial charge in [0, 0.05) is 42.8 Å². The first-order valence-corrected chi connectivity index (χ1v) is 9.33. The van der Waals surface area contributed by atoms with Crippen molar-refractivity contribution < 1.29 is 4.79 Å². The number of anilines is 1. The van der Waals surface area contributed by atoms with E-state index in [4.69, 9.17) is 0 Å². The van der Waals surface area contributed by atoms with Gasteiger partial charge in [0.15, 0.2) is 0 Å². The summed E-state index contributed by atoms with van der Waals surface area (Å²) in [5, 5.41) is 6.37. The highest BCUT2D eigenvalue weighted by molar-refractivity contribution is 7.10. The number of fused-ring (bicyclic) bond motifs is 2. The van der Waals surface area contributed by atoms with Crippen LogP contribution in [0.2, 0.25) is 0 Å². The number of hydrogen-bond donors (Lipinski definition) is 0. The third-order valence-electron chi connectivity index (χ3n) is 5.04. The van der Waals surface area contributed by atoms with Crippen LogP contribution in [-0.4, -0.2) is 50.0 Å². The third kappa shape index (κ3) is 2.39. The van der Waals surface area contributed by atoms with Crippen LogP contribution in [0.1, 0.15) is 16.1 Å². The van der Waals surface area contributed by atoms with E-state index in [1.807, 2.05) is 17.9 Å². The molecule has 5 heterocycles. The molecule has 0 spiro atoms. The van der Waals surface area contributed by atoms with E-state index in [0.29, 0.717) is 5.78 Å². The normalized spacial score (nSPS) is 17.6. The lowest BCUT2D eigenvalue weighted by Gasteiger charge is -2.42. The smallest absolute Gasteiger partial charge is 0.254 e. The van der Waals surface area contributed by atoms with Gasteiger partial charge in [-0.15, -0.1) is 11.3 Å². The van der Waals surface area contributed by atoms with Crippen LogP contribution < -0.4 is 4.90 Å². The molecule has 0 radical (unpaired) electrons. The Morgan fingerprint density at radius 1 is 1.36 bits per heavy atom. The van der Waals surface area contributed by atoms with Crippen molar-refractivity contribution in [2.24, 2.45) is 5.92 Å². The van der Waals surface area contributed by atoms with Gasteiger partial charge in [-0.3, -0.25) is 4.79 Å². The maximum Gasteiger partial charge on any atom is 0.254 e. The second kappa shape index (κ2) is 5.52. The Kier molecular flexibility index (Phi) is 3.27. The van der Waals surface area contributed by atoms with Crippen LogP contribution in [-0.2, 0) is 17.8 Å².